The summed E-state index contributed by atoms with van der Waals surface area (Å²) >= 11 is 12.1. The van der Waals surface area contributed by atoms with E-state index in [0.717, 1.165) is 5.56 Å². The third kappa shape index (κ3) is 9.88. The van der Waals surface area contributed by atoms with Crippen molar-refractivity contribution in [1.29, 1.82) is 0 Å². The minimum atomic E-state index is -0.889. The summed E-state index contributed by atoms with van der Waals surface area (Å²) in [5, 5.41) is 21.5. The molecule has 0 bridgehead atoms. The van der Waals surface area contributed by atoms with Crippen LogP contribution >= 0.6 is 23.2 Å². The number of rotatable bonds is 5. The van der Waals surface area contributed by atoms with Gasteiger partial charge in [0.2, 0.25) is 0 Å². The topological polar surface area (TPSA) is 69.6 Å². The largest absolute Gasteiger partial charge is 1.00 e. The molecule has 0 atom stereocenters. The molecule has 0 fully saturated rings. The van der Waals surface area contributed by atoms with Gasteiger partial charge in [-0.15, -0.1) is 0 Å². The molecular formula is C21H21Cl2NNa2O3. The fourth-order valence-electron chi connectivity index (χ4n) is 2.29. The number of para-hydroxylation sites is 2. The van der Waals surface area contributed by atoms with Crippen molar-refractivity contribution in [2.24, 2.45) is 0 Å². The Hall–Kier alpha value is -0.530. The summed E-state index contributed by atoms with van der Waals surface area (Å²) in [7, 11) is 0. The van der Waals surface area contributed by atoms with Crippen LogP contribution in [-0.2, 0) is 17.8 Å². The average molecular weight is 452 g/mol. The van der Waals surface area contributed by atoms with Crippen LogP contribution in [0.1, 0.15) is 14.0 Å². The van der Waals surface area contributed by atoms with Gasteiger partial charge in [-0.2, -0.15) is 0 Å². The zero-order valence-electron chi connectivity index (χ0n) is 18.4. The summed E-state index contributed by atoms with van der Waals surface area (Å²) in [6.45, 7) is 0.140. The minimum Gasteiger partial charge on any atom is -1.00 e. The molecule has 0 unspecified atom stereocenters. The Balaban J connectivity index is -0.000000564. The third-order valence-corrected chi connectivity index (χ3v) is 4.24. The predicted molar refractivity (Wildman–Crippen MR) is 112 cm³/mol. The molecule has 3 N–H and O–H groups in total. The number of hydrogen-bond acceptors (Lipinski definition) is 3. The van der Waals surface area contributed by atoms with E-state index in [1.54, 1.807) is 36.4 Å². The van der Waals surface area contributed by atoms with Gasteiger partial charge in [-0.1, -0.05) is 77.8 Å². The zero-order chi connectivity index (χ0) is 19.6. The molecule has 0 radical (unpaired) electrons. The van der Waals surface area contributed by atoms with E-state index < -0.39 is 5.97 Å². The number of aliphatic hydroxyl groups is 1. The summed E-state index contributed by atoms with van der Waals surface area (Å²) in [5.41, 5.74) is 2.89. The Kier molecular flexibility index (Phi) is 15.0. The molecule has 0 amide bonds. The zero-order valence-corrected chi connectivity index (χ0v) is 21.9. The fourth-order valence-corrected chi connectivity index (χ4v) is 2.79. The Morgan fingerprint density at radius 2 is 1.41 bits per heavy atom. The summed E-state index contributed by atoms with van der Waals surface area (Å²) in [6.07, 6.45) is -0.0642. The van der Waals surface area contributed by atoms with Gasteiger partial charge in [0.15, 0.2) is 0 Å². The molecule has 3 rings (SSSR count). The van der Waals surface area contributed by atoms with E-state index in [-0.39, 0.29) is 75.0 Å². The first-order valence-corrected chi connectivity index (χ1v) is 8.92. The van der Waals surface area contributed by atoms with Crippen LogP contribution in [0, 0.1) is 0 Å². The van der Waals surface area contributed by atoms with E-state index in [9.17, 15) is 4.79 Å². The van der Waals surface area contributed by atoms with Gasteiger partial charge in [0, 0.05) is 5.69 Å². The Bertz CT molecular complexity index is 887. The summed E-state index contributed by atoms with van der Waals surface area (Å²) in [5.74, 6) is -0.889. The third-order valence-electron chi connectivity index (χ3n) is 3.61. The first-order valence-electron chi connectivity index (χ1n) is 8.16. The van der Waals surface area contributed by atoms with Gasteiger partial charge in [0.1, 0.15) is 0 Å². The van der Waals surface area contributed by atoms with E-state index in [4.69, 9.17) is 33.4 Å². The molecule has 0 spiro atoms. The standard InChI is InChI=1S/C14H11Cl2NO2.C7H8O.2Na.2H/c15-10-5-3-6-11(16)14(10)17-12-7-2-1-4-9(12)8-13(18)19;8-6-7-4-2-1-3-5-7;;;;/h1-7,17H,8H2,(H,18,19);1-5,8H,6H2;;;;/q;;2*+1;2*-1. The number of carboxylic acids is 1. The number of aliphatic hydroxyl groups excluding tert-OH is 1. The van der Waals surface area contributed by atoms with Crippen LogP contribution in [0.15, 0.2) is 72.8 Å². The van der Waals surface area contributed by atoms with Gasteiger partial charge in [-0.05, 0) is 29.3 Å². The maximum Gasteiger partial charge on any atom is 1.00 e. The molecule has 3 aromatic rings. The maximum atomic E-state index is 10.8. The molecule has 0 heterocycles. The van der Waals surface area contributed by atoms with E-state index in [0.29, 0.717) is 27.0 Å². The van der Waals surface area contributed by atoms with Gasteiger partial charge in [-0.25, -0.2) is 0 Å². The van der Waals surface area contributed by atoms with Crippen molar-refractivity contribution in [1.82, 2.24) is 0 Å². The summed E-state index contributed by atoms with van der Waals surface area (Å²) in [6, 6.07) is 21.9. The molecule has 0 saturated carbocycles. The van der Waals surface area contributed by atoms with Crippen molar-refractivity contribution in [2.45, 2.75) is 13.0 Å². The Morgan fingerprint density at radius 3 is 1.93 bits per heavy atom. The Morgan fingerprint density at radius 1 is 0.862 bits per heavy atom. The molecule has 0 saturated heterocycles. The number of anilines is 2. The molecule has 29 heavy (non-hydrogen) atoms. The van der Waals surface area contributed by atoms with Crippen LogP contribution in [0.2, 0.25) is 10.0 Å². The van der Waals surface area contributed by atoms with Crippen molar-refractivity contribution in [2.75, 3.05) is 5.32 Å². The van der Waals surface area contributed by atoms with E-state index >= 15 is 0 Å². The van der Waals surface area contributed by atoms with Crippen molar-refractivity contribution in [3.05, 3.63) is 94.0 Å². The van der Waals surface area contributed by atoms with Gasteiger partial charge < -0.3 is 18.4 Å². The molecule has 3 aromatic carbocycles. The first kappa shape index (κ1) is 28.5. The van der Waals surface area contributed by atoms with Crippen LogP contribution in [0.5, 0.6) is 0 Å². The smallest absolute Gasteiger partial charge is 1.00 e. The average Bonchev–Trinajstić information content (AvgIpc) is 2.67. The monoisotopic (exact) mass is 451 g/mol. The Labute approximate surface area is 227 Å². The van der Waals surface area contributed by atoms with Crippen LogP contribution in [0.4, 0.5) is 11.4 Å². The van der Waals surface area contributed by atoms with E-state index in [1.807, 2.05) is 36.4 Å². The molecule has 0 aliphatic heterocycles. The predicted octanol–water partition coefficient (Wildman–Crippen LogP) is -0.224. The summed E-state index contributed by atoms with van der Waals surface area (Å²) < 4.78 is 0. The van der Waals surface area contributed by atoms with Crippen molar-refractivity contribution in [3.8, 4) is 0 Å². The molecule has 144 valence electrons. The fraction of sp³-hybridized carbons (Fsp3) is 0.0952. The second-order valence-electron chi connectivity index (χ2n) is 5.59. The van der Waals surface area contributed by atoms with E-state index in [2.05, 4.69) is 5.32 Å². The molecule has 0 aliphatic rings. The molecular weight excluding hydrogens is 431 g/mol. The minimum absolute atomic E-state index is 0. The number of carbonyl (C=O) groups is 1. The second kappa shape index (κ2) is 15.3. The van der Waals surface area contributed by atoms with Gasteiger partial charge in [0.25, 0.3) is 0 Å². The normalized spacial score (nSPS) is 9.21. The maximum absolute atomic E-state index is 10.8. The molecule has 8 heteroatoms. The van der Waals surface area contributed by atoms with Crippen LogP contribution in [-0.4, -0.2) is 16.2 Å². The van der Waals surface area contributed by atoms with Crippen molar-refractivity contribution >= 4 is 40.5 Å². The van der Waals surface area contributed by atoms with E-state index in [1.165, 1.54) is 0 Å². The molecule has 4 nitrogen and oxygen atoms in total. The van der Waals surface area contributed by atoms with Gasteiger partial charge in [0.05, 0.1) is 28.8 Å². The first-order chi connectivity index (χ1) is 13.0. The van der Waals surface area contributed by atoms with Crippen molar-refractivity contribution < 1.29 is 77.0 Å². The molecule has 0 aliphatic carbocycles. The van der Waals surface area contributed by atoms with Crippen LogP contribution in [0.25, 0.3) is 0 Å². The molecule has 0 aromatic heterocycles. The second-order valence-corrected chi connectivity index (χ2v) is 6.41. The number of halogens is 2. The van der Waals surface area contributed by atoms with Gasteiger partial charge >= 0.3 is 65.1 Å². The van der Waals surface area contributed by atoms with Crippen LogP contribution < -0.4 is 64.4 Å². The number of benzene rings is 3. The van der Waals surface area contributed by atoms with Gasteiger partial charge in [-0.3, -0.25) is 4.79 Å². The quantitative estimate of drug-likeness (QED) is 0.469. The number of carboxylic acid groups (broad SMARTS) is 1. The van der Waals surface area contributed by atoms with Crippen molar-refractivity contribution in [3.63, 3.8) is 0 Å². The number of hydrogen-bond donors (Lipinski definition) is 3. The number of nitrogens with one attached hydrogen (secondary N) is 1. The summed E-state index contributed by atoms with van der Waals surface area (Å²) in [4.78, 5) is 10.8. The van der Waals surface area contributed by atoms with Crippen LogP contribution in [0.3, 0.4) is 0 Å². The SMILES string of the molecule is O=C(O)Cc1ccccc1Nc1c(Cl)cccc1Cl.OCc1ccccc1.[H-].[H-].[Na+].[Na+]. The number of aliphatic carboxylic acids is 1.